The first-order chi connectivity index (χ1) is 9.62. The molecular formula is C16H19NO3. The van der Waals surface area contributed by atoms with E-state index in [1.54, 1.807) is 0 Å². The van der Waals surface area contributed by atoms with E-state index < -0.39 is 11.4 Å². The molecule has 0 heterocycles. The molecule has 3 rings (SSSR count). The van der Waals surface area contributed by atoms with Crippen LogP contribution in [0.3, 0.4) is 0 Å². The summed E-state index contributed by atoms with van der Waals surface area (Å²) in [6.07, 6.45) is 4.23. The Labute approximate surface area is 118 Å². The van der Waals surface area contributed by atoms with Crippen molar-refractivity contribution in [1.29, 1.82) is 0 Å². The Bertz CT molecular complexity index is 548. The lowest BCUT2D eigenvalue weighted by atomic mass is 9.82. The summed E-state index contributed by atoms with van der Waals surface area (Å²) in [5.41, 5.74) is 1.67. The fraction of sp³-hybridized carbons (Fsp3) is 0.500. The van der Waals surface area contributed by atoms with Crippen LogP contribution in [0.25, 0.3) is 0 Å². The van der Waals surface area contributed by atoms with Crippen LogP contribution in [0.5, 0.6) is 0 Å². The molecule has 2 N–H and O–H groups in total. The Morgan fingerprint density at radius 3 is 2.75 bits per heavy atom. The monoisotopic (exact) mass is 273 g/mol. The van der Waals surface area contributed by atoms with E-state index in [2.05, 4.69) is 11.4 Å². The number of carbonyl (C=O) groups excluding carboxylic acids is 1. The fourth-order valence-electron chi connectivity index (χ4n) is 3.02. The van der Waals surface area contributed by atoms with Crippen LogP contribution >= 0.6 is 0 Å². The molecule has 1 amide bonds. The summed E-state index contributed by atoms with van der Waals surface area (Å²) in [4.78, 5) is 23.5. The maximum atomic E-state index is 12.4. The molecule has 0 aromatic heterocycles. The maximum Gasteiger partial charge on any atom is 0.311 e. The number of amides is 1. The molecule has 1 aromatic carbocycles. The minimum atomic E-state index is -0.790. The second-order valence-electron chi connectivity index (χ2n) is 5.95. The van der Waals surface area contributed by atoms with Crippen LogP contribution in [-0.2, 0) is 16.0 Å². The van der Waals surface area contributed by atoms with Gasteiger partial charge in [0.25, 0.3) is 0 Å². The molecule has 4 heteroatoms. The second-order valence-corrected chi connectivity index (χ2v) is 5.95. The number of hydrogen-bond acceptors (Lipinski definition) is 2. The summed E-state index contributed by atoms with van der Waals surface area (Å²) in [6.45, 7) is 0.264. The quantitative estimate of drug-likeness (QED) is 0.882. The van der Waals surface area contributed by atoms with Gasteiger partial charge in [-0.3, -0.25) is 9.59 Å². The van der Waals surface area contributed by atoms with Crippen molar-refractivity contribution in [2.45, 2.75) is 38.0 Å². The van der Waals surface area contributed by atoms with Gasteiger partial charge in [-0.15, -0.1) is 0 Å². The zero-order valence-electron chi connectivity index (χ0n) is 11.4. The van der Waals surface area contributed by atoms with Gasteiger partial charge in [0, 0.05) is 6.54 Å². The highest BCUT2D eigenvalue weighted by molar-refractivity contribution is 5.85. The van der Waals surface area contributed by atoms with Crippen LogP contribution in [0.1, 0.15) is 42.7 Å². The predicted octanol–water partition coefficient (Wildman–Crippen LogP) is 2.09. The molecule has 2 aliphatic rings. The minimum Gasteiger partial charge on any atom is -0.481 e. The number of aryl methyl sites for hydroxylation is 1. The highest BCUT2D eigenvalue weighted by Gasteiger charge is 2.50. The van der Waals surface area contributed by atoms with Gasteiger partial charge in [-0.25, -0.2) is 0 Å². The molecule has 1 saturated carbocycles. The van der Waals surface area contributed by atoms with Crippen LogP contribution in [0.4, 0.5) is 0 Å². The number of fused-ring (bicyclic) bond motifs is 1. The van der Waals surface area contributed by atoms with Crippen molar-refractivity contribution in [1.82, 2.24) is 5.32 Å². The summed E-state index contributed by atoms with van der Waals surface area (Å²) in [6, 6.07) is 8.06. The van der Waals surface area contributed by atoms with Crippen molar-refractivity contribution in [3.8, 4) is 0 Å². The fourth-order valence-corrected chi connectivity index (χ4v) is 3.02. The SMILES string of the molecule is O=C(NCC1(C(=O)O)CC1)C1CCCc2ccccc21. The maximum absolute atomic E-state index is 12.4. The zero-order chi connectivity index (χ0) is 14.2. The van der Waals surface area contributed by atoms with Gasteiger partial charge in [0.2, 0.25) is 5.91 Å². The van der Waals surface area contributed by atoms with Gasteiger partial charge in [-0.2, -0.15) is 0 Å². The van der Waals surface area contributed by atoms with Crippen molar-refractivity contribution in [2.75, 3.05) is 6.54 Å². The van der Waals surface area contributed by atoms with Crippen molar-refractivity contribution in [3.63, 3.8) is 0 Å². The second kappa shape index (κ2) is 4.93. The minimum absolute atomic E-state index is 0.0234. The number of carboxylic acid groups (broad SMARTS) is 1. The van der Waals surface area contributed by atoms with Crippen molar-refractivity contribution in [2.24, 2.45) is 5.41 Å². The standard InChI is InChI=1S/C16H19NO3/c18-14(17-10-16(8-9-16)15(19)20)13-7-3-5-11-4-1-2-6-12(11)13/h1-2,4,6,13H,3,5,7-10H2,(H,17,18)(H,19,20). The van der Waals surface area contributed by atoms with Crippen LogP contribution < -0.4 is 5.32 Å². The molecular weight excluding hydrogens is 254 g/mol. The Morgan fingerprint density at radius 2 is 2.05 bits per heavy atom. The summed E-state index contributed by atoms with van der Waals surface area (Å²) < 4.78 is 0. The molecule has 0 spiro atoms. The number of nitrogens with one attached hydrogen (secondary N) is 1. The predicted molar refractivity (Wildman–Crippen MR) is 74.4 cm³/mol. The van der Waals surface area contributed by atoms with Gasteiger partial charge in [0.1, 0.15) is 0 Å². The van der Waals surface area contributed by atoms with Crippen molar-refractivity contribution >= 4 is 11.9 Å². The Kier molecular flexibility index (Phi) is 3.24. The van der Waals surface area contributed by atoms with Crippen LogP contribution in [0.15, 0.2) is 24.3 Å². The smallest absolute Gasteiger partial charge is 0.311 e. The third-order valence-electron chi connectivity index (χ3n) is 4.59. The number of rotatable bonds is 4. The van der Waals surface area contributed by atoms with Crippen molar-refractivity contribution < 1.29 is 14.7 Å². The largest absolute Gasteiger partial charge is 0.481 e. The number of carbonyl (C=O) groups is 2. The van der Waals surface area contributed by atoms with E-state index >= 15 is 0 Å². The summed E-state index contributed by atoms with van der Waals surface area (Å²) in [7, 11) is 0. The van der Waals surface area contributed by atoms with Gasteiger partial charge >= 0.3 is 5.97 Å². The lowest BCUT2D eigenvalue weighted by Crippen LogP contribution is -2.37. The summed E-state index contributed by atoms with van der Waals surface area (Å²) >= 11 is 0. The Hall–Kier alpha value is -1.84. The summed E-state index contributed by atoms with van der Waals surface area (Å²) in [5.74, 6) is -0.934. The van der Waals surface area contributed by atoms with Crippen molar-refractivity contribution in [3.05, 3.63) is 35.4 Å². The van der Waals surface area contributed by atoms with E-state index in [4.69, 9.17) is 5.11 Å². The molecule has 1 unspecified atom stereocenters. The zero-order valence-corrected chi connectivity index (χ0v) is 11.4. The molecule has 1 aromatic rings. The van der Waals surface area contributed by atoms with E-state index in [-0.39, 0.29) is 18.4 Å². The molecule has 0 aliphatic heterocycles. The van der Waals surface area contributed by atoms with Gasteiger partial charge in [0.05, 0.1) is 11.3 Å². The molecule has 0 bridgehead atoms. The molecule has 2 aliphatic carbocycles. The Balaban J connectivity index is 1.68. The normalized spacial score (nSPS) is 22.7. The number of aliphatic carboxylic acids is 1. The van der Waals surface area contributed by atoms with Crippen LogP contribution in [-0.4, -0.2) is 23.5 Å². The topological polar surface area (TPSA) is 66.4 Å². The average molecular weight is 273 g/mol. The number of carboxylic acids is 1. The van der Waals surface area contributed by atoms with Gasteiger partial charge < -0.3 is 10.4 Å². The molecule has 1 atom stereocenters. The van der Waals surface area contributed by atoms with Gasteiger partial charge in [-0.1, -0.05) is 24.3 Å². The van der Waals surface area contributed by atoms with E-state index in [0.717, 1.165) is 24.8 Å². The van der Waals surface area contributed by atoms with Gasteiger partial charge in [0.15, 0.2) is 0 Å². The van der Waals surface area contributed by atoms with E-state index in [1.807, 2.05) is 18.2 Å². The average Bonchev–Trinajstić information content (AvgIpc) is 3.25. The van der Waals surface area contributed by atoms with E-state index in [9.17, 15) is 9.59 Å². The molecule has 106 valence electrons. The lowest BCUT2D eigenvalue weighted by Gasteiger charge is -2.25. The molecule has 1 fully saturated rings. The van der Waals surface area contributed by atoms with Crippen LogP contribution in [0.2, 0.25) is 0 Å². The lowest BCUT2D eigenvalue weighted by molar-refractivity contribution is -0.143. The first-order valence-electron chi connectivity index (χ1n) is 7.21. The number of hydrogen-bond donors (Lipinski definition) is 2. The molecule has 0 saturated heterocycles. The highest BCUT2D eigenvalue weighted by Crippen LogP contribution is 2.45. The van der Waals surface area contributed by atoms with E-state index in [1.165, 1.54) is 5.56 Å². The first-order valence-corrected chi connectivity index (χ1v) is 7.21. The van der Waals surface area contributed by atoms with Crippen LogP contribution in [0, 0.1) is 5.41 Å². The molecule has 4 nitrogen and oxygen atoms in total. The summed E-state index contributed by atoms with van der Waals surface area (Å²) in [5, 5.41) is 12.0. The highest BCUT2D eigenvalue weighted by atomic mass is 16.4. The van der Waals surface area contributed by atoms with E-state index in [0.29, 0.717) is 12.8 Å². The third kappa shape index (κ3) is 2.30. The molecule has 0 radical (unpaired) electrons. The molecule has 20 heavy (non-hydrogen) atoms. The third-order valence-corrected chi connectivity index (χ3v) is 4.59. The van der Waals surface area contributed by atoms with Gasteiger partial charge in [-0.05, 0) is 43.2 Å². The first kappa shape index (κ1) is 13.2. The number of benzene rings is 1. The Morgan fingerprint density at radius 1 is 1.30 bits per heavy atom.